The van der Waals surface area contributed by atoms with Gasteiger partial charge in [0.15, 0.2) is 11.6 Å². The quantitative estimate of drug-likeness (QED) is 0.664. The normalized spacial score (nSPS) is 16.3. The molecule has 0 saturated carbocycles. The van der Waals surface area contributed by atoms with E-state index in [-0.39, 0.29) is 24.1 Å². The Morgan fingerprint density at radius 2 is 2.00 bits per heavy atom. The molecule has 1 aliphatic rings. The molecule has 0 bridgehead atoms. The Labute approximate surface area is 174 Å². The highest BCUT2D eigenvalue weighted by Gasteiger charge is 2.30. The number of likely N-dealkylation sites (tertiary alicyclic amines) is 1. The van der Waals surface area contributed by atoms with Crippen LogP contribution in [-0.2, 0) is 0 Å². The molecule has 3 heterocycles. The van der Waals surface area contributed by atoms with Crippen LogP contribution in [0.2, 0.25) is 0 Å². The Bertz CT molecular complexity index is 1180. The van der Waals surface area contributed by atoms with Crippen LogP contribution in [0.25, 0.3) is 10.2 Å². The van der Waals surface area contributed by atoms with E-state index in [0.29, 0.717) is 28.4 Å². The minimum atomic E-state index is -1.07. The van der Waals surface area contributed by atoms with Crippen molar-refractivity contribution < 1.29 is 18.4 Å². The largest absolute Gasteiger partial charge is 0.397 e. The number of anilines is 1. The van der Waals surface area contributed by atoms with Gasteiger partial charge >= 0.3 is 0 Å². The summed E-state index contributed by atoms with van der Waals surface area (Å²) < 4.78 is 26.5. The number of nitrogens with zero attached hydrogens (tertiary/aromatic N) is 3. The maximum atomic E-state index is 13.4. The fourth-order valence-electron chi connectivity index (χ4n) is 3.53. The molecule has 2 amide bonds. The fourth-order valence-corrected chi connectivity index (χ4v) is 4.54. The van der Waals surface area contributed by atoms with Crippen LogP contribution < -0.4 is 11.1 Å². The summed E-state index contributed by atoms with van der Waals surface area (Å²) in [5.74, 6) is -2.82. The molecule has 0 aliphatic carbocycles. The van der Waals surface area contributed by atoms with E-state index in [0.717, 1.165) is 28.8 Å². The molecule has 10 heteroatoms. The number of nitrogens with two attached hydrogens (primary N) is 1. The van der Waals surface area contributed by atoms with E-state index < -0.39 is 17.5 Å². The van der Waals surface area contributed by atoms with E-state index in [2.05, 4.69) is 15.5 Å². The van der Waals surface area contributed by atoms with Gasteiger partial charge in [-0.05, 0) is 44.0 Å². The van der Waals surface area contributed by atoms with Crippen molar-refractivity contribution in [3.63, 3.8) is 0 Å². The number of benzene rings is 1. The molecule has 2 aromatic heterocycles. The number of nitrogen functional groups attached to an aromatic ring is 1. The Kier molecular flexibility index (Phi) is 5.10. The minimum absolute atomic E-state index is 0.0686. The Balaban J connectivity index is 1.47. The van der Waals surface area contributed by atoms with Gasteiger partial charge in [0.1, 0.15) is 9.71 Å². The minimum Gasteiger partial charge on any atom is -0.397 e. The maximum Gasteiger partial charge on any atom is 0.263 e. The summed E-state index contributed by atoms with van der Waals surface area (Å²) in [5.41, 5.74) is 8.29. The fraction of sp³-hybridized carbons (Fsp3) is 0.300. The molecule has 1 saturated heterocycles. The van der Waals surface area contributed by atoms with Gasteiger partial charge in [-0.2, -0.15) is 5.10 Å². The van der Waals surface area contributed by atoms with Crippen LogP contribution in [0, 0.1) is 25.5 Å². The molecule has 1 unspecified atom stereocenters. The number of thiophene rings is 1. The third kappa shape index (κ3) is 3.47. The molecule has 7 nitrogen and oxygen atoms in total. The standard InChI is InChI=1S/C20H19F2N5O2S/c1-9-10(2)25-26-19-15(9)16(23)17(30-19)18(28)24-12-5-6-27(8-12)20(29)11-3-4-13(21)14(22)7-11/h3-4,7,12H,5-6,8,23H2,1-2H3,(H,24,28). The number of hydrogen-bond acceptors (Lipinski definition) is 6. The first-order chi connectivity index (χ1) is 14.3. The van der Waals surface area contributed by atoms with Gasteiger partial charge < -0.3 is 16.0 Å². The number of aryl methyl sites for hydroxylation is 2. The van der Waals surface area contributed by atoms with Crippen molar-refractivity contribution in [3.8, 4) is 0 Å². The van der Waals surface area contributed by atoms with Crippen molar-refractivity contribution in [3.05, 3.63) is 51.5 Å². The lowest BCUT2D eigenvalue weighted by Crippen LogP contribution is -2.38. The average Bonchev–Trinajstić information content (AvgIpc) is 3.31. The molecule has 1 aromatic carbocycles. The third-order valence-electron chi connectivity index (χ3n) is 5.32. The summed E-state index contributed by atoms with van der Waals surface area (Å²) in [4.78, 5) is 27.8. The molecule has 1 fully saturated rings. The second-order valence-corrected chi connectivity index (χ2v) is 8.27. The van der Waals surface area contributed by atoms with Gasteiger partial charge in [-0.25, -0.2) is 8.78 Å². The summed E-state index contributed by atoms with van der Waals surface area (Å²) >= 11 is 1.18. The first-order valence-electron chi connectivity index (χ1n) is 9.33. The van der Waals surface area contributed by atoms with Crippen LogP contribution in [0.4, 0.5) is 14.5 Å². The van der Waals surface area contributed by atoms with Gasteiger partial charge in [-0.1, -0.05) is 0 Å². The Hall–Kier alpha value is -3.14. The first kappa shape index (κ1) is 20.1. The number of hydrogen-bond donors (Lipinski definition) is 2. The van der Waals surface area contributed by atoms with Crippen molar-refractivity contribution in [2.75, 3.05) is 18.8 Å². The van der Waals surface area contributed by atoms with Gasteiger partial charge in [0.05, 0.1) is 11.4 Å². The van der Waals surface area contributed by atoms with Crippen LogP contribution in [0.15, 0.2) is 18.2 Å². The van der Waals surface area contributed by atoms with Gasteiger partial charge in [-0.15, -0.1) is 16.4 Å². The smallest absolute Gasteiger partial charge is 0.263 e. The van der Waals surface area contributed by atoms with Crippen molar-refractivity contribution in [1.29, 1.82) is 0 Å². The van der Waals surface area contributed by atoms with E-state index in [1.54, 1.807) is 0 Å². The number of carbonyl (C=O) groups excluding carboxylic acids is 2. The summed E-state index contributed by atoms with van der Waals surface area (Å²) in [5, 5.41) is 11.8. The molecule has 1 atom stereocenters. The van der Waals surface area contributed by atoms with E-state index in [1.165, 1.54) is 22.3 Å². The van der Waals surface area contributed by atoms with Crippen LogP contribution in [0.1, 0.15) is 37.7 Å². The second-order valence-electron chi connectivity index (χ2n) is 7.27. The maximum absolute atomic E-state index is 13.4. The predicted octanol–water partition coefficient (Wildman–Crippen LogP) is 2.81. The predicted molar refractivity (Wildman–Crippen MR) is 109 cm³/mol. The lowest BCUT2D eigenvalue weighted by molar-refractivity contribution is 0.0783. The molecule has 3 N–H and O–H groups in total. The lowest BCUT2D eigenvalue weighted by atomic mass is 10.1. The van der Waals surface area contributed by atoms with Crippen LogP contribution in [0.5, 0.6) is 0 Å². The Morgan fingerprint density at radius 1 is 1.23 bits per heavy atom. The van der Waals surface area contributed by atoms with E-state index in [1.807, 2.05) is 13.8 Å². The topological polar surface area (TPSA) is 101 Å². The zero-order chi connectivity index (χ0) is 21.6. The molecule has 4 rings (SSSR count). The van der Waals surface area contributed by atoms with Crippen molar-refractivity contribution in [2.24, 2.45) is 0 Å². The molecule has 0 radical (unpaired) electrons. The summed E-state index contributed by atoms with van der Waals surface area (Å²) in [6.45, 7) is 4.38. The number of aromatic nitrogens is 2. The average molecular weight is 431 g/mol. The molecular formula is C20H19F2N5O2S. The zero-order valence-corrected chi connectivity index (χ0v) is 17.1. The van der Waals surface area contributed by atoms with E-state index >= 15 is 0 Å². The van der Waals surface area contributed by atoms with Crippen LogP contribution in [-0.4, -0.2) is 46.0 Å². The lowest BCUT2D eigenvalue weighted by Gasteiger charge is -2.17. The summed E-state index contributed by atoms with van der Waals surface area (Å²) in [6.07, 6.45) is 0.546. The third-order valence-corrected chi connectivity index (χ3v) is 6.41. The number of amides is 2. The summed E-state index contributed by atoms with van der Waals surface area (Å²) in [7, 11) is 0. The monoisotopic (exact) mass is 431 g/mol. The van der Waals surface area contributed by atoms with Crippen LogP contribution >= 0.6 is 11.3 Å². The van der Waals surface area contributed by atoms with Crippen molar-refractivity contribution in [2.45, 2.75) is 26.3 Å². The highest BCUT2D eigenvalue weighted by atomic mass is 32.1. The number of halogens is 2. The van der Waals surface area contributed by atoms with Crippen LogP contribution in [0.3, 0.4) is 0 Å². The number of fused-ring (bicyclic) bond motifs is 1. The van der Waals surface area contributed by atoms with Crippen molar-refractivity contribution in [1.82, 2.24) is 20.4 Å². The SMILES string of the molecule is Cc1nnc2sc(C(=O)NC3CCN(C(=O)c4ccc(F)c(F)c4)C3)c(N)c2c1C. The van der Waals surface area contributed by atoms with E-state index in [4.69, 9.17) is 5.73 Å². The molecule has 3 aromatic rings. The first-order valence-corrected chi connectivity index (χ1v) is 10.1. The number of carbonyl (C=O) groups is 2. The Morgan fingerprint density at radius 3 is 2.73 bits per heavy atom. The van der Waals surface area contributed by atoms with E-state index in [9.17, 15) is 18.4 Å². The highest BCUT2D eigenvalue weighted by molar-refractivity contribution is 7.21. The number of rotatable bonds is 3. The van der Waals surface area contributed by atoms with Gasteiger partial charge in [0.2, 0.25) is 0 Å². The molecule has 30 heavy (non-hydrogen) atoms. The van der Waals surface area contributed by atoms with Crippen molar-refractivity contribution >= 4 is 39.1 Å². The number of nitrogens with one attached hydrogen (secondary N) is 1. The summed E-state index contributed by atoms with van der Waals surface area (Å²) in [6, 6.07) is 2.78. The highest BCUT2D eigenvalue weighted by Crippen LogP contribution is 2.35. The molecule has 1 aliphatic heterocycles. The molecule has 156 valence electrons. The zero-order valence-electron chi connectivity index (χ0n) is 16.3. The van der Waals surface area contributed by atoms with Gasteiger partial charge in [0.25, 0.3) is 11.8 Å². The van der Waals surface area contributed by atoms with Gasteiger partial charge in [-0.3, -0.25) is 9.59 Å². The molecular weight excluding hydrogens is 412 g/mol. The second kappa shape index (κ2) is 7.60. The molecule has 0 spiro atoms. The van der Waals surface area contributed by atoms with Gasteiger partial charge in [0, 0.05) is 30.1 Å².